The van der Waals surface area contributed by atoms with E-state index < -0.39 is 0 Å². The second kappa shape index (κ2) is 14.0. The fourth-order valence-corrected chi connectivity index (χ4v) is 2.86. The molecule has 162 valence electrons. The van der Waals surface area contributed by atoms with Crippen LogP contribution in [-0.2, 0) is 16.1 Å². The van der Waals surface area contributed by atoms with E-state index in [4.69, 9.17) is 9.47 Å². The van der Waals surface area contributed by atoms with Crippen LogP contribution in [-0.4, -0.2) is 62.3 Å². The summed E-state index contributed by atoms with van der Waals surface area (Å²) in [6.45, 7) is 12.5. The van der Waals surface area contributed by atoms with Gasteiger partial charge < -0.3 is 20.1 Å². The number of rotatable bonds is 9. The molecule has 1 amide bonds. The molecule has 1 heterocycles. The average molecular weight is 436 g/mol. The van der Waals surface area contributed by atoms with Gasteiger partial charge in [-0.15, -0.1) is 24.8 Å². The van der Waals surface area contributed by atoms with Gasteiger partial charge in [0.2, 0.25) is 0 Å². The monoisotopic (exact) mass is 435 g/mol. The van der Waals surface area contributed by atoms with Gasteiger partial charge in [-0.25, -0.2) is 0 Å². The Morgan fingerprint density at radius 2 is 1.86 bits per heavy atom. The molecule has 1 saturated heterocycles. The van der Waals surface area contributed by atoms with Gasteiger partial charge in [-0.2, -0.15) is 0 Å². The third kappa shape index (κ3) is 11.1. The molecular weight excluding hydrogens is 401 g/mol. The van der Waals surface area contributed by atoms with Gasteiger partial charge in [-0.1, -0.05) is 18.2 Å². The number of carbonyl (C=O) groups excluding carboxylic acids is 1. The van der Waals surface area contributed by atoms with Gasteiger partial charge in [0.15, 0.2) is 6.61 Å². The lowest BCUT2D eigenvalue weighted by molar-refractivity contribution is -0.124. The maximum absolute atomic E-state index is 11.9. The van der Waals surface area contributed by atoms with Crippen molar-refractivity contribution in [3.63, 3.8) is 0 Å². The fraction of sp³-hybridized carbons (Fsp3) is 0.650. The van der Waals surface area contributed by atoms with Crippen molar-refractivity contribution in [3.8, 4) is 5.75 Å². The molecule has 0 atom stereocenters. The van der Waals surface area contributed by atoms with Crippen LogP contribution in [0.15, 0.2) is 24.3 Å². The molecular formula is C20H35Cl2N3O3. The molecule has 0 unspecified atom stereocenters. The Kier molecular flexibility index (Phi) is 13.5. The van der Waals surface area contributed by atoms with E-state index in [1.54, 1.807) is 0 Å². The smallest absolute Gasteiger partial charge is 0.258 e. The SMILES string of the molecule is CC(C)(C)NC(=O)COc1ccccc1CNCCCN1CCOCC1.Cl.Cl. The van der Waals surface area contributed by atoms with Crippen molar-refractivity contribution in [2.75, 3.05) is 46.0 Å². The summed E-state index contributed by atoms with van der Waals surface area (Å²) in [5, 5.41) is 6.38. The number of benzene rings is 1. The summed E-state index contributed by atoms with van der Waals surface area (Å²) in [6.07, 6.45) is 1.11. The molecule has 6 nitrogen and oxygen atoms in total. The molecule has 1 aromatic rings. The van der Waals surface area contributed by atoms with Crippen LogP contribution >= 0.6 is 24.8 Å². The Labute approximate surface area is 181 Å². The molecule has 28 heavy (non-hydrogen) atoms. The van der Waals surface area contributed by atoms with Gasteiger partial charge in [-0.05, 0) is 46.3 Å². The van der Waals surface area contributed by atoms with E-state index in [0.29, 0.717) is 0 Å². The second-order valence-corrected chi connectivity index (χ2v) is 7.68. The van der Waals surface area contributed by atoms with Gasteiger partial charge in [0.25, 0.3) is 5.91 Å². The van der Waals surface area contributed by atoms with Crippen molar-refractivity contribution in [1.82, 2.24) is 15.5 Å². The van der Waals surface area contributed by atoms with Crippen LogP contribution in [0.2, 0.25) is 0 Å². The van der Waals surface area contributed by atoms with Crippen LogP contribution < -0.4 is 15.4 Å². The lowest BCUT2D eigenvalue weighted by Crippen LogP contribution is -2.43. The Balaban J connectivity index is 0.00000364. The highest BCUT2D eigenvalue weighted by molar-refractivity contribution is 5.85. The standard InChI is InChI=1S/C20H33N3O3.2ClH/c1-20(2,3)22-19(24)16-26-18-8-5-4-7-17(18)15-21-9-6-10-23-11-13-25-14-12-23;;/h4-5,7-8,21H,6,9-16H2,1-3H3,(H,22,24);2*1H. The molecule has 0 aromatic heterocycles. The molecule has 2 rings (SSSR count). The number of hydrogen-bond acceptors (Lipinski definition) is 5. The maximum Gasteiger partial charge on any atom is 0.258 e. The van der Waals surface area contributed by atoms with Crippen molar-refractivity contribution < 1.29 is 14.3 Å². The number of nitrogens with one attached hydrogen (secondary N) is 2. The number of amides is 1. The third-order valence-corrected chi connectivity index (χ3v) is 4.09. The predicted molar refractivity (Wildman–Crippen MR) is 118 cm³/mol. The Morgan fingerprint density at radius 1 is 1.18 bits per heavy atom. The number of hydrogen-bond donors (Lipinski definition) is 2. The lowest BCUT2D eigenvalue weighted by Gasteiger charge is -2.26. The Bertz CT molecular complexity index is 562. The first-order valence-electron chi connectivity index (χ1n) is 9.46. The van der Waals surface area contributed by atoms with Crippen molar-refractivity contribution in [2.24, 2.45) is 0 Å². The summed E-state index contributed by atoms with van der Waals surface area (Å²) in [5.74, 6) is 0.656. The van der Waals surface area contributed by atoms with Gasteiger partial charge >= 0.3 is 0 Å². The number of para-hydroxylation sites is 1. The van der Waals surface area contributed by atoms with Crippen molar-refractivity contribution in [2.45, 2.75) is 39.3 Å². The van der Waals surface area contributed by atoms with Crippen LogP contribution in [0.1, 0.15) is 32.8 Å². The maximum atomic E-state index is 11.9. The molecule has 1 fully saturated rings. The average Bonchev–Trinajstić information content (AvgIpc) is 2.60. The molecule has 1 aliphatic heterocycles. The predicted octanol–water partition coefficient (Wildman–Crippen LogP) is 2.64. The minimum absolute atomic E-state index is 0. The quantitative estimate of drug-likeness (QED) is 0.583. The minimum atomic E-state index is -0.248. The summed E-state index contributed by atoms with van der Waals surface area (Å²) in [4.78, 5) is 14.4. The highest BCUT2D eigenvalue weighted by Crippen LogP contribution is 2.17. The summed E-state index contributed by atoms with van der Waals surface area (Å²) < 4.78 is 11.1. The summed E-state index contributed by atoms with van der Waals surface area (Å²) in [6, 6.07) is 7.87. The van der Waals surface area contributed by atoms with Crippen LogP contribution in [0, 0.1) is 0 Å². The number of halogens is 2. The fourth-order valence-electron chi connectivity index (χ4n) is 2.86. The number of morpholine rings is 1. The Morgan fingerprint density at radius 3 is 2.54 bits per heavy atom. The zero-order valence-electron chi connectivity index (χ0n) is 17.2. The van der Waals surface area contributed by atoms with E-state index in [0.717, 1.165) is 63.7 Å². The largest absolute Gasteiger partial charge is 0.483 e. The van der Waals surface area contributed by atoms with Crippen molar-refractivity contribution in [1.29, 1.82) is 0 Å². The third-order valence-electron chi connectivity index (χ3n) is 4.09. The zero-order valence-corrected chi connectivity index (χ0v) is 18.8. The van der Waals surface area contributed by atoms with E-state index in [1.807, 2.05) is 45.0 Å². The highest BCUT2D eigenvalue weighted by Gasteiger charge is 2.14. The molecule has 0 bridgehead atoms. The first-order valence-corrected chi connectivity index (χ1v) is 9.46. The molecule has 0 saturated carbocycles. The topological polar surface area (TPSA) is 62.8 Å². The van der Waals surface area contributed by atoms with E-state index in [2.05, 4.69) is 15.5 Å². The van der Waals surface area contributed by atoms with E-state index >= 15 is 0 Å². The van der Waals surface area contributed by atoms with E-state index in [-0.39, 0.29) is 42.9 Å². The first kappa shape index (κ1) is 27.0. The number of carbonyl (C=O) groups is 1. The van der Waals surface area contributed by atoms with Crippen LogP contribution in [0.25, 0.3) is 0 Å². The summed E-state index contributed by atoms with van der Waals surface area (Å²) in [5.41, 5.74) is 0.824. The highest BCUT2D eigenvalue weighted by atomic mass is 35.5. The van der Waals surface area contributed by atoms with Gasteiger partial charge in [0, 0.05) is 30.7 Å². The molecule has 0 aliphatic carbocycles. The molecule has 0 radical (unpaired) electrons. The summed E-state index contributed by atoms with van der Waals surface area (Å²) >= 11 is 0. The molecule has 8 heteroatoms. The van der Waals surface area contributed by atoms with Gasteiger partial charge in [0.1, 0.15) is 5.75 Å². The minimum Gasteiger partial charge on any atom is -0.483 e. The van der Waals surface area contributed by atoms with E-state index in [9.17, 15) is 4.79 Å². The lowest BCUT2D eigenvalue weighted by atomic mass is 10.1. The molecule has 1 aromatic carbocycles. The van der Waals surface area contributed by atoms with Crippen molar-refractivity contribution >= 4 is 30.7 Å². The van der Waals surface area contributed by atoms with Crippen LogP contribution in [0.5, 0.6) is 5.75 Å². The van der Waals surface area contributed by atoms with Gasteiger partial charge in [0.05, 0.1) is 13.2 Å². The van der Waals surface area contributed by atoms with Gasteiger partial charge in [-0.3, -0.25) is 9.69 Å². The molecule has 0 spiro atoms. The molecule has 1 aliphatic rings. The summed E-state index contributed by atoms with van der Waals surface area (Å²) in [7, 11) is 0. The van der Waals surface area contributed by atoms with Crippen LogP contribution in [0.3, 0.4) is 0 Å². The number of nitrogens with zero attached hydrogens (tertiary/aromatic N) is 1. The Hall–Kier alpha value is -1.05. The molecule has 2 N–H and O–H groups in total. The number of ether oxygens (including phenoxy) is 2. The van der Waals surface area contributed by atoms with Crippen molar-refractivity contribution in [3.05, 3.63) is 29.8 Å². The van der Waals surface area contributed by atoms with E-state index in [1.165, 1.54) is 0 Å². The zero-order chi connectivity index (χ0) is 18.8. The second-order valence-electron chi connectivity index (χ2n) is 7.68. The normalized spacial score (nSPS) is 14.5. The van der Waals surface area contributed by atoms with Crippen LogP contribution in [0.4, 0.5) is 0 Å². The first-order chi connectivity index (χ1) is 12.4.